The molecule has 0 nitrogen and oxygen atoms in total. The van der Waals surface area contributed by atoms with Gasteiger partial charge in [-0.1, -0.05) is 44.2 Å². The highest BCUT2D eigenvalue weighted by Crippen LogP contribution is 1.87. The Morgan fingerprint density at radius 3 is 2.89 bits per heavy atom. The van der Waals surface area contributed by atoms with Crippen molar-refractivity contribution in [1.82, 2.24) is 0 Å². The maximum atomic E-state index is 3.54. The second-order valence-corrected chi connectivity index (χ2v) is 1.75. The molecule has 0 atom stereocenters. The molecular formula is C9H13. The van der Waals surface area contributed by atoms with Crippen LogP contribution in [-0.4, -0.2) is 0 Å². The third-order valence-corrected chi connectivity index (χ3v) is 0.879. The van der Waals surface area contributed by atoms with Gasteiger partial charge in [0.25, 0.3) is 0 Å². The van der Waals surface area contributed by atoms with Gasteiger partial charge in [0.15, 0.2) is 0 Å². The molecule has 0 saturated heterocycles. The van der Waals surface area contributed by atoms with Gasteiger partial charge in [-0.2, -0.15) is 0 Å². The molecule has 0 spiro atoms. The van der Waals surface area contributed by atoms with E-state index in [1.807, 2.05) is 18.2 Å². The van der Waals surface area contributed by atoms with E-state index in [1.54, 1.807) is 6.08 Å². The van der Waals surface area contributed by atoms with Gasteiger partial charge < -0.3 is 0 Å². The normalized spacial score (nSPS) is 11.2. The lowest BCUT2D eigenvalue weighted by molar-refractivity contribution is 0.956. The summed E-state index contributed by atoms with van der Waals surface area (Å²) in [7, 11) is 0. The summed E-state index contributed by atoms with van der Waals surface area (Å²) in [6.45, 7) is 5.69. The van der Waals surface area contributed by atoms with E-state index in [0.717, 1.165) is 6.42 Å². The van der Waals surface area contributed by atoms with Gasteiger partial charge in [0.2, 0.25) is 0 Å². The molecule has 0 N–H and O–H groups in total. The molecule has 0 aromatic rings. The van der Waals surface area contributed by atoms with Crippen LogP contribution < -0.4 is 0 Å². The number of hydrogen-bond donors (Lipinski definition) is 0. The predicted octanol–water partition coefficient (Wildman–Crippen LogP) is 2.89. The van der Waals surface area contributed by atoms with E-state index in [2.05, 4.69) is 19.6 Å². The van der Waals surface area contributed by atoms with Crippen LogP contribution in [0.2, 0.25) is 0 Å². The van der Waals surface area contributed by atoms with Crippen molar-refractivity contribution in [1.29, 1.82) is 0 Å². The van der Waals surface area contributed by atoms with Crippen molar-refractivity contribution < 1.29 is 0 Å². The zero-order valence-electron chi connectivity index (χ0n) is 5.93. The molecule has 1 radical (unpaired) electrons. The Kier molecular flexibility index (Phi) is 6.59. The Labute approximate surface area is 57.6 Å². The standard InChI is InChI=1S/C9H13/c1-3-5-7-9-8-6-4-2/h3,5,7-8H,1,4,6H2,2H3. The number of hydrogen-bond acceptors (Lipinski definition) is 0. The van der Waals surface area contributed by atoms with Crippen molar-refractivity contribution in [3.63, 3.8) is 0 Å². The molecule has 0 bridgehead atoms. The molecule has 0 aromatic heterocycles. The fourth-order valence-electron chi connectivity index (χ4n) is 0.419. The molecular weight excluding hydrogens is 108 g/mol. The van der Waals surface area contributed by atoms with Crippen molar-refractivity contribution in [3.8, 4) is 0 Å². The van der Waals surface area contributed by atoms with Crippen molar-refractivity contribution in [2.24, 2.45) is 0 Å². The van der Waals surface area contributed by atoms with E-state index < -0.39 is 0 Å². The minimum Gasteiger partial charge on any atom is -0.0991 e. The van der Waals surface area contributed by atoms with Gasteiger partial charge in [0.05, 0.1) is 0 Å². The highest BCUT2D eigenvalue weighted by Gasteiger charge is 1.68. The lowest BCUT2D eigenvalue weighted by Crippen LogP contribution is -1.58. The van der Waals surface area contributed by atoms with Crippen LogP contribution >= 0.6 is 0 Å². The maximum absolute atomic E-state index is 3.54. The zero-order chi connectivity index (χ0) is 6.95. The summed E-state index contributed by atoms with van der Waals surface area (Å²) in [4.78, 5) is 0. The molecule has 0 unspecified atom stereocenters. The summed E-state index contributed by atoms with van der Waals surface area (Å²) in [5.74, 6) is 0. The molecule has 0 aliphatic heterocycles. The summed E-state index contributed by atoms with van der Waals surface area (Å²) in [6.07, 6.45) is 12.8. The summed E-state index contributed by atoms with van der Waals surface area (Å²) in [6, 6.07) is 0. The van der Waals surface area contributed by atoms with E-state index in [-0.39, 0.29) is 0 Å². The molecule has 0 amide bonds. The summed E-state index contributed by atoms with van der Waals surface area (Å²) in [5.41, 5.74) is 0. The fraction of sp³-hybridized carbons (Fsp3) is 0.333. The monoisotopic (exact) mass is 121 g/mol. The first-order valence-electron chi connectivity index (χ1n) is 3.27. The highest BCUT2D eigenvalue weighted by atomic mass is 13.7. The van der Waals surface area contributed by atoms with Gasteiger partial charge in [-0.15, -0.1) is 0 Å². The van der Waals surface area contributed by atoms with E-state index >= 15 is 0 Å². The second kappa shape index (κ2) is 7.22. The van der Waals surface area contributed by atoms with E-state index in [1.165, 1.54) is 6.42 Å². The summed E-state index contributed by atoms with van der Waals surface area (Å²) >= 11 is 0. The van der Waals surface area contributed by atoms with Crippen molar-refractivity contribution in [3.05, 3.63) is 37.0 Å². The second-order valence-electron chi connectivity index (χ2n) is 1.75. The smallest absolute Gasteiger partial charge is 0.0227 e. The average molecular weight is 121 g/mol. The average Bonchev–Trinajstić information content (AvgIpc) is 1.89. The molecule has 0 rings (SSSR count). The van der Waals surface area contributed by atoms with Gasteiger partial charge >= 0.3 is 0 Å². The molecule has 0 fully saturated rings. The quantitative estimate of drug-likeness (QED) is 0.502. The first-order valence-corrected chi connectivity index (χ1v) is 3.27. The van der Waals surface area contributed by atoms with Gasteiger partial charge in [-0.25, -0.2) is 0 Å². The Morgan fingerprint density at radius 1 is 1.56 bits per heavy atom. The molecule has 0 saturated carbocycles. The van der Waals surface area contributed by atoms with Crippen LogP contribution in [-0.2, 0) is 0 Å². The SMILES string of the molecule is C=CC=C/[C]=C/CCC. The third kappa shape index (κ3) is 7.22. The van der Waals surface area contributed by atoms with Gasteiger partial charge in [0, 0.05) is 0 Å². The van der Waals surface area contributed by atoms with Crippen LogP contribution in [0.5, 0.6) is 0 Å². The molecule has 0 aliphatic carbocycles. The van der Waals surface area contributed by atoms with E-state index in [4.69, 9.17) is 0 Å². The Hall–Kier alpha value is -0.780. The van der Waals surface area contributed by atoms with Crippen molar-refractivity contribution in [2.45, 2.75) is 19.8 Å². The molecule has 49 valence electrons. The van der Waals surface area contributed by atoms with Crippen LogP contribution in [0, 0.1) is 6.08 Å². The molecule has 9 heavy (non-hydrogen) atoms. The summed E-state index contributed by atoms with van der Waals surface area (Å²) < 4.78 is 0. The van der Waals surface area contributed by atoms with Crippen LogP contribution in [0.25, 0.3) is 0 Å². The zero-order valence-corrected chi connectivity index (χ0v) is 5.93. The van der Waals surface area contributed by atoms with Gasteiger partial charge in [0.1, 0.15) is 0 Å². The lowest BCUT2D eigenvalue weighted by Gasteiger charge is -1.77. The molecule has 0 aliphatic rings. The summed E-state index contributed by atoms with van der Waals surface area (Å²) in [5, 5.41) is 0. The van der Waals surface area contributed by atoms with Gasteiger partial charge in [-0.05, 0) is 12.5 Å². The third-order valence-electron chi connectivity index (χ3n) is 0.879. The Bertz CT molecular complexity index is 107. The Balaban J connectivity index is 3.23. The van der Waals surface area contributed by atoms with Crippen LogP contribution in [0.4, 0.5) is 0 Å². The molecule has 0 heteroatoms. The number of unbranched alkanes of at least 4 members (excludes halogenated alkanes) is 1. The topological polar surface area (TPSA) is 0 Å². The number of rotatable bonds is 4. The minimum absolute atomic E-state index is 1.11. The van der Waals surface area contributed by atoms with Crippen molar-refractivity contribution in [2.75, 3.05) is 0 Å². The van der Waals surface area contributed by atoms with Crippen LogP contribution in [0.1, 0.15) is 19.8 Å². The Morgan fingerprint density at radius 2 is 2.33 bits per heavy atom. The molecule has 0 aromatic carbocycles. The first-order chi connectivity index (χ1) is 4.41. The minimum atomic E-state index is 1.11. The van der Waals surface area contributed by atoms with Crippen molar-refractivity contribution >= 4 is 0 Å². The number of allylic oxidation sites excluding steroid dienone is 5. The van der Waals surface area contributed by atoms with E-state index in [9.17, 15) is 0 Å². The molecule has 0 heterocycles. The highest BCUT2D eigenvalue weighted by molar-refractivity contribution is 5.03. The maximum Gasteiger partial charge on any atom is -0.0227 e. The van der Waals surface area contributed by atoms with Crippen LogP contribution in [0.15, 0.2) is 30.9 Å². The van der Waals surface area contributed by atoms with Gasteiger partial charge in [-0.3, -0.25) is 0 Å². The fourth-order valence-corrected chi connectivity index (χ4v) is 0.419. The van der Waals surface area contributed by atoms with Crippen LogP contribution in [0.3, 0.4) is 0 Å². The first kappa shape index (κ1) is 8.22. The largest absolute Gasteiger partial charge is 0.0991 e. The lowest BCUT2D eigenvalue weighted by atomic mass is 10.3. The van der Waals surface area contributed by atoms with E-state index in [0.29, 0.717) is 0 Å². The predicted molar refractivity (Wildman–Crippen MR) is 42.1 cm³/mol.